The van der Waals surface area contributed by atoms with E-state index in [0.29, 0.717) is 0 Å². The third kappa shape index (κ3) is 6.48. The molecule has 7 aromatic rings. The number of amidine groups is 2. The zero-order chi connectivity index (χ0) is 36.1. The van der Waals surface area contributed by atoms with Crippen molar-refractivity contribution in [2.75, 3.05) is 20.0 Å². The van der Waals surface area contributed by atoms with E-state index in [4.69, 9.17) is 10.2 Å². The molecule has 0 aromatic heterocycles. The second-order valence-electron chi connectivity index (χ2n) is 13.0. The molecule has 2 aliphatic heterocycles. The van der Waals surface area contributed by atoms with Gasteiger partial charge in [-0.3, -0.25) is 20.9 Å². The van der Waals surface area contributed by atoms with E-state index >= 15 is 0 Å². The molecule has 0 spiro atoms. The van der Waals surface area contributed by atoms with Gasteiger partial charge in [0.15, 0.2) is 24.0 Å². The van der Waals surface area contributed by atoms with E-state index in [9.17, 15) is 0 Å². The number of anilines is 4. The molecule has 2 N–H and O–H groups in total. The van der Waals surface area contributed by atoms with Gasteiger partial charge in [-0.15, -0.1) is 0 Å². The van der Waals surface area contributed by atoms with Crippen molar-refractivity contribution in [1.29, 1.82) is 0 Å². The summed E-state index contributed by atoms with van der Waals surface area (Å²) in [5, 5.41) is 19.1. The van der Waals surface area contributed by atoms with Crippen molar-refractivity contribution in [2.45, 2.75) is 12.3 Å². The van der Waals surface area contributed by atoms with Crippen LogP contribution in [0.3, 0.4) is 0 Å². The van der Waals surface area contributed by atoms with Gasteiger partial charge in [-0.1, -0.05) is 158 Å². The highest BCUT2D eigenvalue weighted by atomic mass is 15.7. The first-order chi connectivity index (χ1) is 26.8. The van der Waals surface area contributed by atoms with Crippen molar-refractivity contribution < 1.29 is 0 Å². The zero-order valence-corrected chi connectivity index (χ0v) is 29.5. The topological polar surface area (TPSA) is 61.7 Å². The Bertz CT molecular complexity index is 2170. The van der Waals surface area contributed by atoms with Crippen LogP contribution in [0.2, 0.25) is 0 Å². The first-order valence-corrected chi connectivity index (χ1v) is 18.1. The molecule has 54 heavy (non-hydrogen) atoms. The summed E-state index contributed by atoms with van der Waals surface area (Å²) < 4.78 is 0. The second kappa shape index (κ2) is 14.7. The number of hydrazone groups is 2. The van der Waals surface area contributed by atoms with Crippen LogP contribution in [0.1, 0.15) is 34.6 Å². The number of hydrazine groups is 2. The van der Waals surface area contributed by atoms with Crippen molar-refractivity contribution in [1.82, 2.24) is 10.9 Å². The monoisotopic (exact) mass is 702 g/mol. The molecule has 0 aliphatic carbocycles. The summed E-state index contributed by atoms with van der Waals surface area (Å²) in [7, 11) is 0. The van der Waals surface area contributed by atoms with Crippen LogP contribution < -0.4 is 30.9 Å². The lowest BCUT2D eigenvalue weighted by Gasteiger charge is -2.45. The minimum atomic E-state index is -0.320. The fourth-order valence-electron chi connectivity index (χ4n) is 6.94. The third-order valence-electron chi connectivity index (χ3n) is 9.56. The minimum absolute atomic E-state index is 0.320. The Morgan fingerprint density at radius 3 is 0.907 bits per heavy atom. The van der Waals surface area contributed by atoms with Crippen LogP contribution in [0.15, 0.2) is 216 Å². The molecule has 2 atom stereocenters. The molecule has 2 aliphatic rings. The van der Waals surface area contributed by atoms with E-state index in [0.717, 1.165) is 56.7 Å². The minimum Gasteiger partial charge on any atom is -0.277 e. The van der Waals surface area contributed by atoms with E-state index in [1.807, 2.05) is 60.7 Å². The lowest BCUT2D eigenvalue weighted by molar-refractivity contribution is 0.531. The van der Waals surface area contributed by atoms with Crippen LogP contribution in [-0.4, -0.2) is 11.7 Å². The molecular weight excluding hydrogens is 665 g/mol. The standard InChI is InChI=1S/C46H38N8/c1-7-19-35(20-8-1)43-47-51(39-23-11-3-12-24-39)45(52(48-43)40-25-13-4-14-26-40)37-31-33-38(34-32-37)46-53(41-27-15-5-16-28-41)49-44(36-21-9-2-10-22-36)50-54(46)42-29-17-6-18-30-42/h1-34,45-46H,(H,47,48)(H,49,50). The van der Waals surface area contributed by atoms with E-state index in [1.54, 1.807) is 0 Å². The van der Waals surface area contributed by atoms with Gasteiger partial charge in [-0.2, -0.15) is 10.2 Å². The molecule has 8 nitrogen and oxygen atoms in total. The summed E-state index contributed by atoms with van der Waals surface area (Å²) in [5.41, 5.74) is 15.5. The van der Waals surface area contributed by atoms with Crippen molar-refractivity contribution in [3.8, 4) is 0 Å². The number of hydrogen-bond acceptors (Lipinski definition) is 8. The average Bonchev–Trinajstić information content (AvgIpc) is 3.27. The molecule has 9 rings (SSSR count). The van der Waals surface area contributed by atoms with Crippen LogP contribution in [-0.2, 0) is 0 Å². The maximum atomic E-state index is 5.26. The summed E-state index contributed by atoms with van der Waals surface area (Å²) >= 11 is 0. The molecule has 0 fully saturated rings. The molecule has 0 amide bonds. The summed E-state index contributed by atoms with van der Waals surface area (Å²) in [6.45, 7) is 0. The van der Waals surface area contributed by atoms with Gasteiger partial charge in [0.25, 0.3) is 0 Å². The Morgan fingerprint density at radius 2 is 0.593 bits per heavy atom. The van der Waals surface area contributed by atoms with E-state index < -0.39 is 0 Å². The number of rotatable bonds is 8. The first kappa shape index (κ1) is 32.6. The first-order valence-electron chi connectivity index (χ1n) is 18.1. The molecule has 0 bridgehead atoms. The molecule has 7 aromatic carbocycles. The van der Waals surface area contributed by atoms with Crippen LogP contribution in [0, 0.1) is 0 Å². The third-order valence-corrected chi connectivity index (χ3v) is 9.56. The molecule has 2 heterocycles. The van der Waals surface area contributed by atoms with Gasteiger partial charge in [0.1, 0.15) is 0 Å². The highest BCUT2D eigenvalue weighted by molar-refractivity contribution is 6.02. The van der Waals surface area contributed by atoms with Gasteiger partial charge in [-0.05, 0) is 59.7 Å². The molecule has 262 valence electrons. The van der Waals surface area contributed by atoms with Crippen molar-refractivity contribution in [2.24, 2.45) is 10.2 Å². The van der Waals surface area contributed by atoms with Gasteiger partial charge in [0, 0.05) is 11.1 Å². The fraction of sp³-hybridized carbons (Fsp3) is 0.0435. The Hall–Kier alpha value is -7.32. The van der Waals surface area contributed by atoms with E-state index in [-0.39, 0.29) is 12.3 Å². The number of nitrogens with zero attached hydrogens (tertiary/aromatic N) is 6. The summed E-state index contributed by atoms with van der Waals surface area (Å²) in [4.78, 5) is 0. The van der Waals surface area contributed by atoms with Crippen molar-refractivity contribution >= 4 is 34.4 Å². The number of hydrogen-bond donors (Lipinski definition) is 2. The molecule has 2 unspecified atom stereocenters. The van der Waals surface area contributed by atoms with E-state index in [1.165, 1.54) is 0 Å². The lowest BCUT2D eigenvalue weighted by Crippen LogP contribution is -2.55. The van der Waals surface area contributed by atoms with Crippen LogP contribution in [0.4, 0.5) is 22.7 Å². The van der Waals surface area contributed by atoms with Gasteiger partial charge >= 0.3 is 0 Å². The molecule has 0 saturated carbocycles. The lowest BCUT2D eigenvalue weighted by atomic mass is 10.0. The average molecular weight is 703 g/mol. The maximum Gasteiger partial charge on any atom is 0.172 e. The maximum absolute atomic E-state index is 5.26. The molecule has 0 radical (unpaired) electrons. The van der Waals surface area contributed by atoms with Crippen LogP contribution in [0.25, 0.3) is 0 Å². The Balaban J connectivity index is 1.17. The zero-order valence-electron chi connectivity index (χ0n) is 29.5. The van der Waals surface area contributed by atoms with Crippen LogP contribution in [0.5, 0.6) is 0 Å². The number of benzene rings is 7. The quantitative estimate of drug-likeness (QED) is 0.165. The number of para-hydroxylation sites is 4. The number of nitrogens with one attached hydrogen (secondary N) is 2. The van der Waals surface area contributed by atoms with Gasteiger partial charge in [-0.25, -0.2) is 10.0 Å². The van der Waals surface area contributed by atoms with Gasteiger partial charge in [0.2, 0.25) is 0 Å². The summed E-state index contributed by atoms with van der Waals surface area (Å²) in [6, 6.07) is 70.9. The predicted molar refractivity (Wildman–Crippen MR) is 220 cm³/mol. The Kier molecular flexibility index (Phi) is 8.89. The Morgan fingerprint density at radius 1 is 0.315 bits per heavy atom. The SMILES string of the molecule is c1ccc(C2=NN(c3ccccc3)C(c3ccc(C4N(c5ccccc5)N=C(c5ccccc5)NN4c4ccccc4)cc3)N(c3ccccc3)N2)cc1. The van der Waals surface area contributed by atoms with E-state index in [2.05, 4.69) is 176 Å². The van der Waals surface area contributed by atoms with Crippen LogP contribution >= 0.6 is 0 Å². The highest BCUT2D eigenvalue weighted by Gasteiger charge is 2.36. The predicted octanol–water partition coefficient (Wildman–Crippen LogP) is 9.47. The fourth-order valence-corrected chi connectivity index (χ4v) is 6.94. The normalized spacial score (nSPS) is 16.9. The largest absolute Gasteiger partial charge is 0.277 e. The molecule has 8 heteroatoms. The second-order valence-corrected chi connectivity index (χ2v) is 13.0. The molecule has 0 saturated heterocycles. The van der Waals surface area contributed by atoms with Gasteiger partial charge in [0.05, 0.1) is 22.7 Å². The van der Waals surface area contributed by atoms with Crippen molar-refractivity contribution in [3.63, 3.8) is 0 Å². The summed E-state index contributed by atoms with van der Waals surface area (Å²) in [5.74, 6) is 1.52. The smallest absolute Gasteiger partial charge is 0.172 e. The molecular formula is C46H38N8. The van der Waals surface area contributed by atoms with Gasteiger partial charge < -0.3 is 0 Å². The highest BCUT2D eigenvalue weighted by Crippen LogP contribution is 2.39. The summed E-state index contributed by atoms with van der Waals surface area (Å²) in [6.07, 6.45) is -0.641. The van der Waals surface area contributed by atoms with Crippen molar-refractivity contribution in [3.05, 3.63) is 229 Å². The Labute approximate surface area is 315 Å².